The van der Waals surface area contributed by atoms with Gasteiger partial charge < -0.3 is 90.5 Å². The summed E-state index contributed by atoms with van der Waals surface area (Å²) in [5.41, 5.74) is 2.13. The van der Waals surface area contributed by atoms with Crippen LogP contribution in [0.25, 0.3) is 0 Å². The molecule has 0 atom stereocenters. The standard InChI is InChI=1S/4C9H10NO2.3C2H3N.4ClH.4Mn/c4*11-6-5-10-7-8-3-1-2-4-9(8)12;3*1-2-3;;;;;;;;/h4*1-4,7,12H,5-6H2;3*1H3;4*1H;;;;/q4*-1;;;;;;;;4*+3/p-8. The normalized spacial score (nSPS) is 8.31. The van der Waals surface area contributed by atoms with E-state index in [1.165, 1.54) is 69.9 Å². The molecule has 352 valence electrons. The maximum Gasteiger partial charge on any atom is 3.00 e. The molecule has 0 saturated heterocycles. The second-order valence-corrected chi connectivity index (χ2v) is 9.78. The first kappa shape index (κ1) is 88.1. The molecule has 0 fully saturated rings. The van der Waals surface area contributed by atoms with Gasteiger partial charge in [-0.05, 0) is 22.3 Å². The van der Waals surface area contributed by atoms with Gasteiger partial charge in [-0.1, -0.05) is 97.1 Å². The molecule has 4 aromatic rings. The van der Waals surface area contributed by atoms with Crippen LogP contribution in [0.1, 0.15) is 43.0 Å². The maximum absolute atomic E-state index is 11.0. The van der Waals surface area contributed by atoms with Crippen LogP contribution in [0.2, 0.25) is 0 Å². The van der Waals surface area contributed by atoms with E-state index in [1.807, 2.05) is 0 Å². The quantitative estimate of drug-likeness (QED) is 0.0948. The van der Waals surface area contributed by atoms with E-state index < -0.39 is 0 Å². The second kappa shape index (κ2) is 69.3. The van der Waals surface area contributed by atoms with E-state index in [0.29, 0.717) is 22.3 Å². The van der Waals surface area contributed by atoms with Gasteiger partial charge in [-0.2, -0.15) is 15.8 Å². The average molecular weight is 1140 g/mol. The Morgan fingerprint density at radius 2 is 0.508 bits per heavy atom. The van der Waals surface area contributed by atoms with E-state index in [9.17, 15) is 40.9 Å². The summed E-state index contributed by atoms with van der Waals surface area (Å²) in [6.07, 6.45) is 5.78. The van der Waals surface area contributed by atoms with Gasteiger partial charge in [0.15, 0.2) is 0 Å². The minimum atomic E-state index is -0.239. The largest absolute Gasteiger partial charge is 3.00 e. The van der Waals surface area contributed by atoms with Gasteiger partial charge >= 0.3 is 68.3 Å². The van der Waals surface area contributed by atoms with Crippen molar-refractivity contribution in [3.8, 4) is 41.2 Å². The van der Waals surface area contributed by atoms with Crippen molar-refractivity contribution in [2.45, 2.75) is 20.8 Å². The first-order valence-electron chi connectivity index (χ1n) is 16.9. The van der Waals surface area contributed by atoms with Crippen molar-refractivity contribution in [3.05, 3.63) is 119 Å². The zero-order valence-electron chi connectivity index (χ0n) is 35.1. The van der Waals surface area contributed by atoms with Gasteiger partial charge in [0.25, 0.3) is 0 Å². The van der Waals surface area contributed by atoms with Crippen molar-refractivity contribution in [3.63, 3.8) is 0 Å². The van der Waals surface area contributed by atoms with Crippen LogP contribution in [-0.4, -0.2) is 77.5 Å². The van der Waals surface area contributed by atoms with E-state index in [2.05, 4.69) is 20.0 Å². The van der Waals surface area contributed by atoms with E-state index in [1.54, 1.807) is 91.0 Å². The Bertz CT molecular complexity index is 1610. The van der Waals surface area contributed by atoms with Gasteiger partial charge in [0.05, 0.1) is 18.2 Å². The minimum absolute atomic E-state index is 0. The number of benzene rings is 4. The molecule has 0 N–H and O–H groups in total. The van der Waals surface area contributed by atoms with Crippen LogP contribution in [-0.2, 0) is 68.3 Å². The van der Waals surface area contributed by atoms with Crippen molar-refractivity contribution < 1.29 is 159 Å². The Morgan fingerprint density at radius 3 is 0.631 bits per heavy atom. The third kappa shape index (κ3) is 56.4. The number of nitrogens with zero attached hydrogens (tertiary/aromatic N) is 7. The monoisotopic (exact) mass is 1130 g/mol. The summed E-state index contributed by atoms with van der Waals surface area (Å²) >= 11 is 0. The van der Waals surface area contributed by atoms with Crippen molar-refractivity contribution in [2.24, 2.45) is 20.0 Å². The third-order valence-corrected chi connectivity index (χ3v) is 5.48. The van der Waals surface area contributed by atoms with E-state index in [4.69, 9.17) is 15.8 Å². The molecule has 23 heteroatoms. The molecule has 0 saturated carbocycles. The third-order valence-electron chi connectivity index (χ3n) is 5.48. The van der Waals surface area contributed by atoms with Crippen LogP contribution >= 0.6 is 0 Å². The molecule has 0 amide bonds. The van der Waals surface area contributed by atoms with Crippen LogP contribution in [0.15, 0.2) is 117 Å². The molecule has 0 aliphatic heterocycles. The summed E-state index contributed by atoms with van der Waals surface area (Å²) in [4.78, 5) is 15.1. The van der Waals surface area contributed by atoms with Crippen molar-refractivity contribution in [1.82, 2.24) is 0 Å². The molecular formula is C42H45Cl4Mn4N7O8. The first-order valence-corrected chi connectivity index (χ1v) is 16.9. The fraction of sp³-hybridized carbons (Fsp3) is 0.262. The molecule has 0 spiro atoms. The number of aliphatic imine (C=N–C) groups is 4. The zero-order valence-corrected chi connectivity index (χ0v) is 42.9. The van der Waals surface area contributed by atoms with E-state index in [0.717, 1.165) is 0 Å². The number of hydrogen-bond acceptors (Lipinski definition) is 15. The molecule has 0 heterocycles. The molecule has 4 aromatic carbocycles. The van der Waals surface area contributed by atoms with Crippen LogP contribution in [0.5, 0.6) is 23.0 Å². The topological polar surface area (TPSA) is 305 Å². The molecular weight excluding hydrogens is 1090 g/mol. The molecule has 0 aromatic heterocycles. The summed E-state index contributed by atoms with van der Waals surface area (Å²) in [5.74, 6) is -0.251. The first-order chi connectivity index (χ1) is 27.6. The van der Waals surface area contributed by atoms with Crippen LogP contribution in [0, 0.1) is 34.0 Å². The molecule has 0 radical (unpaired) electrons. The van der Waals surface area contributed by atoms with Gasteiger partial charge in [0.1, 0.15) is 0 Å². The van der Waals surface area contributed by atoms with Gasteiger partial charge in [-0.15, -0.1) is 49.4 Å². The Balaban J connectivity index is -0.0000000601. The molecule has 0 unspecified atom stereocenters. The molecule has 0 aliphatic carbocycles. The van der Waals surface area contributed by atoms with Gasteiger partial charge in [-0.3, -0.25) is 20.0 Å². The second-order valence-electron chi connectivity index (χ2n) is 9.78. The van der Waals surface area contributed by atoms with Crippen molar-refractivity contribution >= 4 is 24.9 Å². The number of halogens is 4. The SMILES string of the molecule is CC#N.CC#N.CC#N.[Cl-].[Cl-].[Cl-].[Cl-].[Mn+3].[Mn+3].[Mn+3].[Mn+3].[O-]CCN=Cc1ccccc1[O-].[O-]CCN=Cc1ccccc1[O-].[O-]CCN=Cc1ccccc1[O-].[O-]CCN=Cc1ccccc1[O-]. The molecule has 0 bridgehead atoms. The van der Waals surface area contributed by atoms with Crippen LogP contribution in [0.4, 0.5) is 0 Å². The fourth-order valence-corrected chi connectivity index (χ4v) is 3.21. The summed E-state index contributed by atoms with van der Waals surface area (Å²) < 4.78 is 0. The predicted octanol–water partition coefficient (Wildman–Crippen LogP) is -12.2. The number of hydrogen-bond donors (Lipinski definition) is 0. The summed E-state index contributed by atoms with van der Waals surface area (Å²) in [6, 6.07) is 31.6. The number of rotatable bonds is 12. The van der Waals surface area contributed by atoms with E-state index in [-0.39, 0.29) is 194 Å². The molecule has 65 heavy (non-hydrogen) atoms. The Kier molecular flexibility index (Phi) is 94.0. The smallest absolute Gasteiger partial charge is 1.00 e. The van der Waals surface area contributed by atoms with Crippen LogP contribution in [0.3, 0.4) is 0 Å². The van der Waals surface area contributed by atoms with Crippen molar-refractivity contribution in [1.29, 1.82) is 15.8 Å². The molecule has 15 nitrogen and oxygen atoms in total. The minimum Gasteiger partial charge on any atom is -1.00 e. The predicted molar refractivity (Wildman–Crippen MR) is 207 cm³/mol. The van der Waals surface area contributed by atoms with Gasteiger partial charge in [0.2, 0.25) is 0 Å². The van der Waals surface area contributed by atoms with Gasteiger partial charge in [0, 0.05) is 71.8 Å². The number of nitriles is 3. The molecule has 4 rings (SSSR count). The van der Waals surface area contributed by atoms with Crippen LogP contribution < -0.4 is 90.5 Å². The van der Waals surface area contributed by atoms with Crippen molar-refractivity contribution in [2.75, 3.05) is 52.6 Å². The zero-order chi connectivity index (χ0) is 43.4. The maximum atomic E-state index is 11.0. The summed E-state index contributed by atoms with van der Waals surface area (Å²) in [7, 11) is 0. The van der Waals surface area contributed by atoms with E-state index >= 15 is 0 Å². The summed E-state index contributed by atoms with van der Waals surface area (Å²) in [5, 5.41) is 106. The Hall–Kier alpha value is -3.69. The number of para-hydroxylation sites is 4. The fourth-order valence-electron chi connectivity index (χ4n) is 3.21. The summed E-state index contributed by atoms with van der Waals surface area (Å²) in [6.45, 7) is 4.26. The Labute approximate surface area is 449 Å². The van der Waals surface area contributed by atoms with Gasteiger partial charge in [-0.25, -0.2) is 0 Å². The molecule has 0 aliphatic rings. The Morgan fingerprint density at radius 1 is 0.369 bits per heavy atom. The average Bonchev–Trinajstić information content (AvgIpc) is 3.20.